The molecule has 0 aliphatic heterocycles. The number of benzene rings is 1. The first-order valence-electron chi connectivity index (χ1n) is 7.64. The second-order valence-corrected chi connectivity index (χ2v) is 5.72. The highest BCUT2D eigenvalue weighted by atomic mass is 16.5. The molecule has 3 rings (SSSR count). The second kappa shape index (κ2) is 6.60. The Hall–Kier alpha value is -2.36. The largest absolute Gasteiger partial charge is 0.489 e. The molecule has 1 saturated carbocycles. The Kier molecular flexibility index (Phi) is 4.37. The fourth-order valence-corrected chi connectivity index (χ4v) is 2.26. The Labute approximate surface area is 130 Å². The van der Waals surface area contributed by atoms with Crippen LogP contribution in [0.5, 0.6) is 5.75 Å². The first-order valence-corrected chi connectivity index (χ1v) is 7.64. The van der Waals surface area contributed by atoms with Crippen LogP contribution in [0.2, 0.25) is 0 Å². The molecule has 0 radical (unpaired) electrons. The minimum Gasteiger partial charge on any atom is -0.489 e. The maximum Gasteiger partial charge on any atom is 0.223 e. The van der Waals surface area contributed by atoms with Gasteiger partial charge in [0.05, 0.1) is 6.04 Å². The lowest BCUT2D eigenvalue weighted by Gasteiger charge is -2.15. The fraction of sp³-hybridized carbons (Fsp3) is 0.333. The molecule has 1 aromatic carbocycles. The van der Waals surface area contributed by atoms with Gasteiger partial charge in [0.1, 0.15) is 12.4 Å². The van der Waals surface area contributed by atoms with Crippen molar-refractivity contribution in [2.45, 2.75) is 32.4 Å². The Morgan fingerprint density at radius 2 is 2.09 bits per heavy atom. The van der Waals surface area contributed by atoms with Gasteiger partial charge >= 0.3 is 0 Å². The van der Waals surface area contributed by atoms with E-state index >= 15 is 0 Å². The Morgan fingerprint density at radius 1 is 1.32 bits per heavy atom. The van der Waals surface area contributed by atoms with Crippen LogP contribution in [-0.2, 0) is 11.4 Å². The predicted octanol–water partition coefficient (Wildman–Crippen LogP) is 3.25. The SMILES string of the molecule is CC(NC(=O)C1CC1)c1ccc(OCc2cccnc2)cc1. The van der Waals surface area contributed by atoms with Gasteiger partial charge in [-0.3, -0.25) is 9.78 Å². The number of hydrogen-bond donors (Lipinski definition) is 1. The standard InChI is InChI=1S/C18H20N2O2/c1-13(20-18(21)16-4-5-16)15-6-8-17(9-7-15)22-12-14-3-2-10-19-11-14/h2-3,6-11,13,16H,4-5,12H2,1H3,(H,20,21). The van der Waals surface area contributed by atoms with Crippen LogP contribution in [0.3, 0.4) is 0 Å². The highest BCUT2D eigenvalue weighted by Crippen LogP contribution is 2.30. The van der Waals surface area contributed by atoms with Crippen molar-refractivity contribution < 1.29 is 9.53 Å². The van der Waals surface area contributed by atoms with Crippen molar-refractivity contribution in [2.75, 3.05) is 0 Å². The highest BCUT2D eigenvalue weighted by molar-refractivity contribution is 5.81. The minimum atomic E-state index is 0.0282. The summed E-state index contributed by atoms with van der Waals surface area (Å²) >= 11 is 0. The molecule has 0 saturated heterocycles. The normalized spacial score (nSPS) is 15.1. The molecule has 4 heteroatoms. The molecule has 1 N–H and O–H groups in total. The molecule has 0 spiro atoms. The van der Waals surface area contributed by atoms with Gasteiger partial charge in [0, 0.05) is 23.9 Å². The summed E-state index contributed by atoms with van der Waals surface area (Å²) in [5.74, 6) is 1.22. The topological polar surface area (TPSA) is 51.2 Å². The molecule has 114 valence electrons. The predicted molar refractivity (Wildman–Crippen MR) is 84.3 cm³/mol. The summed E-state index contributed by atoms with van der Waals surface area (Å²) in [5, 5.41) is 3.05. The zero-order valence-corrected chi connectivity index (χ0v) is 12.7. The number of nitrogens with one attached hydrogen (secondary N) is 1. The Bertz CT molecular complexity index is 621. The van der Waals surface area contributed by atoms with E-state index in [0.717, 1.165) is 29.7 Å². The third kappa shape index (κ3) is 3.85. The van der Waals surface area contributed by atoms with Gasteiger partial charge in [-0.1, -0.05) is 18.2 Å². The summed E-state index contributed by atoms with van der Waals surface area (Å²) in [6.45, 7) is 2.51. The van der Waals surface area contributed by atoms with E-state index in [1.165, 1.54) is 0 Å². The van der Waals surface area contributed by atoms with Crippen LogP contribution in [0, 0.1) is 5.92 Å². The van der Waals surface area contributed by atoms with Crippen LogP contribution in [0.15, 0.2) is 48.8 Å². The van der Waals surface area contributed by atoms with Crippen molar-refractivity contribution in [3.05, 3.63) is 59.9 Å². The number of rotatable bonds is 6. The molecule has 1 fully saturated rings. The molecule has 1 aromatic heterocycles. The number of carbonyl (C=O) groups is 1. The van der Waals surface area contributed by atoms with Crippen LogP contribution in [0.4, 0.5) is 0 Å². The molecule has 4 nitrogen and oxygen atoms in total. The van der Waals surface area contributed by atoms with Gasteiger partial charge in [0.25, 0.3) is 0 Å². The third-order valence-electron chi connectivity index (χ3n) is 3.82. The number of aromatic nitrogens is 1. The van der Waals surface area contributed by atoms with Crippen molar-refractivity contribution in [1.29, 1.82) is 0 Å². The lowest BCUT2D eigenvalue weighted by molar-refractivity contribution is -0.122. The molecular weight excluding hydrogens is 276 g/mol. The molecule has 2 aromatic rings. The van der Waals surface area contributed by atoms with Gasteiger partial charge < -0.3 is 10.1 Å². The van der Waals surface area contributed by atoms with Crippen molar-refractivity contribution in [3.63, 3.8) is 0 Å². The lowest BCUT2D eigenvalue weighted by Crippen LogP contribution is -2.27. The number of nitrogens with zero attached hydrogens (tertiary/aromatic N) is 1. The zero-order chi connectivity index (χ0) is 15.4. The van der Waals surface area contributed by atoms with Crippen molar-refractivity contribution in [1.82, 2.24) is 10.3 Å². The summed E-state index contributed by atoms with van der Waals surface area (Å²) in [5.41, 5.74) is 2.12. The van der Waals surface area contributed by atoms with E-state index in [1.807, 2.05) is 43.3 Å². The first kappa shape index (κ1) is 14.6. The molecule has 1 aliphatic rings. The highest BCUT2D eigenvalue weighted by Gasteiger charge is 2.30. The summed E-state index contributed by atoms with van der Waals surface area (Å²) in [4.78, 5) is 15.8. The van der Waals surface area contributed by atoms with E-state index in [2.05, 4.69) is 10.3 Å². The van der Waals surface area contributed by atoms with Gasteiger partial charge in [-0.05, 0) is 43.5 Å². The maximum absolute atomic E-state index is 11.8. The van der Waals surface area contributed by atoms with Crippen LogP contribution >= 0.6 is 0 Å². The number of carbonyl (C=O) groups excluding carboxylic acids is 1. The zero-order valence-electron chi connectivity index (χ0n) is 12.7. The Balaban J connectivity index is 1.54. The number of hydrogen-bond acceptors (Lipinski definition) is 3. The van der Waals surface area contributed by atoms with E-state index in [-0.39, 0.29) is 17.9 Å². The van der Waals surface area contributed by atoms with E-state index in [1.54, 1.807) is 12.4 Å². The number of pyridine rings is 1. The molecule has 22 heavy (non-hydrogen) atoms. The quantitative estimate of drug-likeness (QED) is 0.890. The van der Waals surface area contributed by atoms with E-state index in [0.29, 0.717) is 6.61 Å². The van der Waals surface area contributed by atoms with Gasteiger partial charge in [0.2, 0.25) is 5.91 Å². The molecule has 1 amide bonds. The molecule has 1 heterocycles. The monoisotopic (exact) mass is 296 g/mol. The van der Waals surface area contributed by atoms with E-state index in [4.69, 9.17) is 4.74 Å². The summed E-state index contributed by atoms with van der Waals surface area (Å²) in [7, 11) is 0. The van der Waals surface area contributed by atoms with Gasteiger partial charge in [-0.2, -0.15) is 0 Å². The average molecular weight is 296 g/mol. The molecule has 0 bridgehead atoms. The van der Waals surface area contributed by atoms with E-state index in [9.17, 15) is 4.79 Å². The van der Waals surface area contributed by atoms with Gasteiger partial charge in [-0.15, -0.1) is 0 Å². The summed E-state index contributed by atoms with van der Waals surface area (Å²) in [6, 6.07) is 11.8. The van der Waals surface area contributed by atoms with Crippen LogP contribution in [-0.4, -0.2) is 10.9 Å². The van der Waals surface area contributed by atoms with Crippen molar-refractivity contribution in [2.24, 2.45) is 5.92 Å². The van der Waals surface area contributed by atoms with E-state index < -0.39 is 0 Å². The minimum absolute atomic E-state index is 0.0282. The summed E-state index contributed by atoms with van der Waals surface area (Å²) < 4.78 is 5.73. The number of amides is 1. The Morgan fingerprint density at radius 3 is 2.73 bits per heavy atom. The summed E-state index contributed by atoms with van der Waals surface area (Å²) in [6.07, 6.45) is 5.60. The molecular formula is C18H20N2O2. The van der Waals surface area contributed by atoms with Gasteiger partial charge in [0.15, 0.2) is 0 Å². The average Bonchev–Trinajstić information content (AvgIpc) is 3.39. The first-order chi connectivity index (χ1) is 10.7. The van der Waals surface area contributed by atoms with Gasteiger partial charge in [-0.25, -0.2) is 0 Å². The third-order valence-corrected chi connectivity index (χ3v) is 3.82. The second-order valence-electron chi connectivity index (χ2n) is 5.72. The van der Waals surface area contributed by atoms with Crippen LogP contribution in [0.1, 0.15) is 36.9 Å². The maximum atomic E-state index is 11.8. The molecule has 1 atom stereocenters. The molecule has 1 aliphatic carbocycles. The fourth-order valence-electron chi connectivity index (χ4n) is 2.26. The van der Waals surface area contributed by atoms with Crippen molar-refractivity contribution in [3.8, 4) is 5.75 Å². The number of ether oxygens (including phenoxy) is 1. The molecule has 1 unspecified atom stereocenters. The lowest BCUT2D eigenvalue weighted by atomic mass is 10.1. The van der Waals surface area contributed by atoms with Crippen LogP contribution < -0.4 is 10.1 Å². The van der Waals surface area contributed by atoms with Crippen LogP contribution in [0.25, 0.3) is 0 Å². The smallest absolute Gasteiger partial charge is 0.223 e. The van der Waals surface area contributed by atoms with Crippen molar-refractivity contribution >= 4 is 5.91 Å².